The molecule has 0 saturated carbocycles. The van der Waals surface area contributed by atoms with Crippen LogP contribution in [-0.4, -0.2) is 55.5 Å². The van der Waals surface area contributed by atoms with Crippen molar-refractivity contribution in [3.05, 3.63) is 101 Å². The van der Waals surface area contributed by atoms with Crippen LogP contribution < -0.4 is 9.47 Å². The minimum Gasteiger partial charge on any atom is -0.496 e. The molecule has 1 aliphatic rings. The summed E-state index contributed by atoms with van der Waals surface area (Å²) in [6.45, 7) is 4.28. The lowest BCUT2D eigenvalue weighted by Gasteiger charge is -2.34. The summed E-state index contributed by atoms with van der Waals surface area (Å²) in [6, 6.07) is 23.0. The van der Waals surface area contributed by atoms with Crippen LogP contribution in [0.2, 0.25) is 5.02 Å². The van der Waals surface area contributed by atoms with E-state index in [0.717, 1.165) is 25.2 Å². The van der Waals surface area contributed by atoms with Gasteiger partial charge in [0.15, 0.2) is 0 Å². The number of ether oxygens (including phenoxy) is 2. The molecule has 0 spiro atoms. The van der Waals surface area contributed by atoms with Gasteiger partial charge in [-0.25, -0.2) is 0 Å². The van der Waals surface area contributed by atoms with Crippen molar-refractivity contribution >= 4 is 23.6 Å². The maximum absolute atomic E-state index is 13.2. The van der Waals surface area contributed by atoms with Gasteiger partial charge in [-0.05, 0) is 42.0 Å². The second-order valence-corrected chi connectivity index (χ2v) is 8.61. The third-order valence-corrected chi connectivity index (χ3v) is 6.09. The van der Waals surface area contributed by atoms with E-state index >= 15 is 0 Å². The van der Waals surface area contributed by atoms with Crippen LogP contribution in [-0.2, 0) is 6.61 Å². The molecular weight excluding hydrogens is 448 g/mol. The molecule has 1 heterocycles. The summed E-state index contributed by atoms with van der Waals surface area (Å²) in [5, 5.41) is 0.614. The highest BCUT2D eigenvalue weighted by atomic mass is 35.5. The van der Waals surface area contributed by atoms with Crippen LogP contribution in [0.5, 0.6) is 11.5 Å². The van der Waals surface area contributed by atoms with Gasteiger partial charge in [0.25, 0.3) is 5.91 Å². The van der Waals surface area contributed by atoms with Gasteiger partial charge in [-0.2, -0.15) is 0 Å². The molecule has 1 fully saturated rings. The zero-order chi connectivity index (χ0) is 23.8. The fourth-order valence-corrected chi connectivity index (χ4v) is 4.14. The number of piperazine rings is 1. The van der Waals surface area contributed by atoms with Gasteiger partial charge in [-0.15, -0.1) is 0 Å². The molecule has 0 atom stereocenters. The molecule has 0 radical (unpaired) electrons. The highest BCUT2D eigenvalue weighted by Gasteiger charge is 2.22. The highest BCUT2D eigenvalue weighted by molar-refractivity contribution is 6.30. The standard InChI is InChI=1S/C28H29ClN2O3/c1-33-27-13-12-23(19-24(27)21-34-26-11-5-10-25(29)20-26)28(32)31-17-15-30(16-18-31)14-6-9-22-7-3-2-4-8-22/h2-13,19-20H,14-18,21H2,1H3/b9-6+. The van der Waals surface area contributed by atoms with Gasteiger partial charge in [0.2, 0.25) is 0 Å². The Balaban J connectivity index is 1.33. The summed E-state index contributed by atoms with van der Waals surface area (Å²) in [5.41, 5.74) is 2.66. The molecule has 34 heavy (non-hydrogen) atoms. The maximum atomic E-state index is 13.2. The molecular formula is C28H29ClN2O3. The van der Waals surface area contributed by atoms with E-state index in [1.165, 1.54) is 5.56 Å². The van der Waals surface area contributed by atoms with Crippen LogP contribution in [0.3, 0.4) is 0 Å². The number of nitrogens with zero attached hydrogens (tertiary/aromatic N) is 2. The van der Waals surface area contributed by atoms with E-state index in [0.29, 0.717) is 35.2 Å². The monoisotopic (exact) mass is 476 g/mol. The van der Waals surface area contributed by atoms with Crippen LogP contribution in [0.15, 0.2) is 78.9 Å². The lowest BCUT2D eigenvalue weighted by atomic mass is 10.1. The zero-order valence-electron chi connectivity index (χ0n) is 19.3. The van der Waals surface area contributed by atoms with Gasteiger partial charge in [0, 0.05) is 48.9 Å². The molecule has 0 N–H and O–H groups in total. The molecule has 3 aromatic carbocycles. The van der Waals surface area contributed by atoms with E-state index in [1.807, 2.05) is 53.4 Å². The number of carbonyl (C=O) groups excluding carboxylic acids is 1. The first-order chi connectivity index (χ1) is 16.6. The minimum atomic E-state index is 0.0335. The molecule has 0 aliphatic carbocycles. The van der Waals surface area contributed by atoms with Crippen molar-refractivity contribution in [3.8, 4) is 11.5 Å². The number of hydrogen-bond donors (Lipinski definition) is 0. The maximum Gasteiger partial charge on any atom is 0.253 e. The number of amides is 1. The predicted molar refractivity (Wildman–Crippen MR) is 137 cm³/mol. The normalized spacial score (nSPS) is 14.4. The average molecular weight is 477 g/mol. The molecule has 4 rings (SSSR count). The first kappa shape index (κ1) is 23.9. The summed E-state index contributed by atoms with van der Waals surface area (Å²) in [7, 11) is 1.62. The van der Waals surface area contributed by atoms with Crippen molar-refractivity contribution in [2.24, 2.45) is 0 Å². The molecule has 5 nitrogen and oxygen atoms in total. The van der Waals surface area contributed by atoms with Crippen molar-refractivity contribution in [1.29, 1.82) is 0 Å². The minimum absolute atomic E-state index is 0.0335. The zero-order valence-corrected chi connectivity index (χ0v) is 20.1. The molecule has 0 aromatic heterocycles. The number of rotatable bonds is 8. The fourth-order valence-electron chi connectivity index (χ4n) is 3.96. The number of hydrogen-bond acceptors (Lipinski definition) is 4. The van der Waals surface area contributed by atoms with Gasteiger partial charge >= 0.3 is 0 Å². The topological polar surface area (TPSA) is 42.0 Å². The number of benzene rings is 3. The predicted octanol–water partition coefficient (Wildman–Crippen LogP) is 5.40. The SMILES string of the molecule is COc1ccc(C(=O)N2CCN(C/C=C/c3ccccc3)CC2)cc1COc1cccc(Cl)c1. The molecule has 0 unspecified atom stereocenters. The first-order valence-corrected chi connectivity index (χ1v) is 11.8. The summed E-state index contributed by atoms with van der Waals surface area (Å²) >= 11 is 6.04. The van der Waals surface area contributed by atoms with Crippen molar-refractivity contribution in [2.75, 3.05) is 39.8 Å². The molecule has 1 amide bonds. The Hall–Kier alpha value is -3.28. The van der Waals surface area contributed by atoms with Crippen LogP contribution >= 0.6 is 11.6 Å². The van der Waals surface area contributed by atoms with Crippen LogP contribution in [0, 0.1) is 0 Å². The van der Waals surface area contributed by atoms with Gasteiger partial charge in [-0.3, -0.25) is 9.69 Å². The van der Waals surface area contributed by atoms with Crippen molar-refractivity contribution in [1.82, 2.24) is 9.80 Å². The fraction of sp³-hybridized carbons (Fsp3) is 0.250. The van der Waals surface area contributed by atoms with Crippen molar-refractivity contribution < 1.29 is 14.3 Å². The number of carbonyl (C=O) groups is 1. The Bertz CT molecular complexity index is 1130. The Morgan fingerprint density at radius 2 is 1.76 bits per heavy atom. The van der Waals surface area contributed by atoms with E-state index in [-0.39, 0.29) is 12.5 Å². The summed E-state index contributed by atoms with van der Waals surface area (Å²) < 4.78 is 11.4. The highest BCUT2D eigenvalue weighted by Crippen LogP contribution is 2.24. The molecule has 176 valence electrons. The third kappa shape index (κ3) is 6.40. The van der Waals surface area contributed by atoms with Gasteiger partial charge in [-0.1, -0.05) is 60.2 Å². The smallest absolute Gasteiger partial charge is 0.253 e. The molecule has 1 saturated heterocycles. The Morgan fingerprint density at radius 3 is 2.50 bits per heavy atom. The lowest BCUT2D eigenvalue weighted by Crippen LogP contribution is -2.48. The van der Waals surface area contributed by atoms with Gasteiger partial charge in [0.05, 0.1) is 7.11 Å². The molecule has 0 bridgehead atoms. The summed E-state index contributed by atoms with van der Waals surface area (Å²) in [6.07, 6.45) is 4.32. The van der Waals surface area contributed by atoms with E-state index in [9.17, 15) is 4.79 Å². The number of halogens is 1. The van der Waals surface area contributed by atoms with Crippen LogP contribution in [0.4, 0.5) is 0 Å². The lowest BCUT2D eigenvalue weighted by molar-refractivity contribution is 0.0650. The van der Waals surface area contributed by atoms with Gasteiger partial charge in [0.1, 0.15) is 18.1 Å². The van der Waals surface area contributed by atoms with E-state index in [2.05, 4.69) is 29.2 Å². The second-order valence-electron chi connectivity index (χ2n) is 8.18. The van der Waals surface area contributed by atoms with Gasteiger partial charge < -0.3 is 14.4 Å². The molecule has 3 aromatic rings. The summed E-state index contributed by atoms with van der Waals surface area (Å²) in [5.74, 6) is 1.39. The molecule has 1 aliphatic heterocycles. The van der Waals surface area contributed by atoms with Crippen molar-refractivity contribution in [2.45, 2.75) is 6.61 Å². The van der Waals surface area contributed by atoms with E-state index in [1.54, 1.807) is 19.2 Å². The Kier molecular flexibility index (Phi) is 8.23. The largest absolute Gasteiger partial charge is 0.496 e. The van der Waals surface area contributed by atoms with Crippen LogP contribution in [0.25, 0.3) is 6.08 Å². The van der Waals surface area contributed by atoms with Crippen LogP contribution in [0.1, 0.15) is 21.5 Å². The van der Waals surface area contributed by atoms with E-state index < -0.39 is 0 Å². The van der Waals surface area contributed by atoms with Crippen molar-refractivity contribution in [3.63, 3.8) is 0 Å². The first-order valence-electron chi connectivity index (χ1n) is 11.4. The second kappa shape index (κ2) is 11.7. The molecule has 6 heteroatoms. The summed E-state index contributed by atoms with van der Waals surface area (Å²) in [4.78, 5) is 17.5. The Labute approximate surface area is 206 Å². The number of methoxy groups -OCH3 is 1. The quantitative estimate of drug-likeness (QED) is 0.436. The third-order valence-electron chi connectivity index (χ3n) is 5.85. The average Bonchev–Trinajstić information content (AvgIpc) is 2.88. The van der Waals surface area contributed by atoms with E-state index in [4.69, 9.17) is 21.1 Å². The Morgan fingerprint density at radius 1 is 0.971 bits per heavy atom.